The molecule has 0 fully saturated rings. The van der Waals surface area contributed by atoms with E-state index in [0.29, 0.717) is 6.61 Å². The van der Waals surface area contributed by atoms with E-state index < -0.39 is 6.29 Å². The van der Waals surface area contributed by atoms with E-state index in [2.05, 4.69) is 9.78 Å². The highest BCUT2D eigenvalue weighted by Gasteiger charge is 1.91. The number of rotatable bonds is 4. The lowest BCUT2D eigenvalue weighted by Crippen LogP contribution is -2.07. The van der Waals surface area contributed by atoms with Crippen LogP contribution in [0.3, 0.4) is 0 Å². The van der Waals surface area contributed by atoms with Gasteiger partial charge >= 0.3 is 0 Å². The lowest BCUT2D eigenvalue weighted by molar-refractivity contribution is -0.364. The molecule has 1 unspecified atom stereocenters. The highest BCUT2D eigenvalue weighted by molar-refractivity contribution is 4.16. The summed E-state index contributed by atoms with van der Waals surface area (Å²) in [6.07, 6.45) is 0.0775. The van der Waals surface area contributed by atoms with E-state index in [1.165, 1.54) is 6.92 Å². The fourth-order valence-corrected chi connectivity index (χ4v) is 0.230. The maximum atomic E-state index is 8.43. The minimum Gasteiger partial charge on any atom is -0.366 e. The maximum absolute atomic E-state index is 8.43. The molecule has 0 rings (SSSR count). The van der Waals surface area contributed by atoms with Gasteiger partial charge in [-0.05, 0) is 13.3 Å². The summed E-state index contributed by atoms with van der Waals surface area (Å²) in [6.45, 7) is 3.99. The summed E-state index contributed by atoms with van der Waals surface area (Å²) < 4.78 is 0. The summed E-state index contributed by atoms with van der Waals surface area (Å²) in [6, 6.07) is 0. The fourth-order valence-electron chi connectivity index (χ4n) is 0.230. The van der Waals surface area contributed by atoms with Crippen molar-refractivity contribution in [2.75, 3.05) is 6.61 Å². The third kappa shape index (κ3) is 5.88. The summed E-state index contributed by atoms with van der Waals surface area (Å²) in [5.41, 5.74) is 0. The van der Waals surface area contributed by atoms with Gasteiger partial charge in [0.1, 0.15) is 0 Å². The number of hydrogen-bond donors (Lipinski definition) is 1. The molecule has 3 heteroatoms. The summed E-state index contributed by atoms with van der Waals surface area (Å²) in [7, 11) is 0. The second kappa shape index (κ2) is 5.03. The number of aliphatic hydroxyl groups is 1. The van der Waals surface area contributed by atoms with Gasteiger partial charge in [0, 0.05) is 0 Å². The van der Waals surface area contributed by atoms with Crippen LogP contribution in [-0.2, 0) is 9.78 Å². The highest BCUT2D eigenvalue weighted by Crippen LogP contribution is 1.86. The van der Waals surface area contributed by atoms with Crippen molar-refractivity contribution in [3.8, 4) is 0 Å². The van der Waals surface area contributed by atoms with Gasteiger partial charge in [-0.3, -0.25) is 0 Å². The van der Waals surface area contributed by atoms with E-state index in [1.807, 2.05) is 6.92 Å². The fraction of sp³-hybridized carbons (Fsp3) is 1.00. The van der Waals surface area contributed by atoms with Crippen molar-refractivity contribution in [1.29, 1.82) is 0 Å². The van der Waals surface area contributed by atoms with Crippen LogP contribution < -0.4 is 0 Å². The summed E-state index contributed by atoms with van der Waals surface area (Å²) >= 11 is 0. The summed E-state index contributed by atoms with van der Waals surface area (Å²) in [5, 5.41) is 8.43. The average Bonchev–Trinajstić information content (AvgIpc) is 1.66. The zero-order valence-electron chi connectivity index (χ0n) is 5.26. The lowest BCUT2D eigenvalue weighted by Gasteiger charge is -2.02. The monoisotopic (exact) mass is 120 g/mol. The van der Waals surface area contributed by atoms with E-state index in [0.717, 1.165) is 6.42 Å². The van der Waals surface area contributed by atoms with Crippen LogP contribution in [0.25, 0.3) is 0 Å². The smallest absolute Gasteiger partial charge is 0.185 e. The minimum absolute atomic E-state index is 0.533. The predicted molar refractivity (Wildman–Crippen MR) is 29.0 cm³/mol. The Hall–Kier alpha value is -0.120. The first-order chi connectivity index (χ1) is 3.77. The maximum Gasteiger partial charge on any atom is 0.185 e. The Kier molecular flexibility index (Phi) is 4.95. The quantitative estimate of drug-likeness (QED) is 0.256. The lowest BCUT2D eigenvalue weighted by atomic mass is 10.5. The average molecular weight is 120 g/mol. The zero-order valence-corrected chi connectivity index (χ0v) is 5.26. The second-order valence-corrected chi connectivity index (χ2v) is 1.52. The molecule has 0 aromatic heterocycles. The Balaban J connectivity index is 2.72. The molecule has 0 saturated heterocycles. The van der Waals surface area contributed by atoms with Crippen LogP contribution in [-0.4, -0.2) is 18.0 Å². The first-order valence-corrected chi connectivity index (χ1v) is 2.73. The molecule has 1 atom stereocenters. The molecule has 0 spiro atoms. The molecule has 0 aromatic carbocycles. The molecule has 0 aliphatic carbocycles. The molecule has 0 amide bonds. The standard InChI is InChI=1S/C5H12O3/c1-3-4-7-8-5(2)6/h5-6H,3-4H2,1-2H3. The van der Waals surface area contributed by atoms with Gasteiger partial charge in [-0.15, -0.1) is 0 Å². The van der Waals surface area contributed by atoms with Crippen molar-refractivity contribution in [2.24, 2.45) is 0 Å². The Morgan fingerprint density at radius 1 is 1.62 bits per heavy atom. The predicted octanol–water partition coefficient (Wildman–Crippen LogP) is 0.683. The second-order valence-electron chi connectivity index (χ2n) is 1.52. The molecule has 1 N–H and O–H groups in total. The Morgan fingerprint density at radius 3 is 2.62 bits per heavy atom. The molecule has 0 radical (unpaired) electrons. The van der Waals surface area contributed by atoms with E-state index in [1.54, 1.807) is 0 Å². The first kappa shape index (κ1) is 7.88. The van der Waals surface area contributed by atoms with Crippen LogP contribution in [0.15, 0.2) is 0 Å². The van der Waals surface area contributed by atoms with Crippen LogP contribution in [0.4, 0.5) is 0 Å². The summed E-state index contributed by atoms with van der Waals surface area (Å²) in [4.78, 5) is 8.83. The van der Waals surface area contributed by atoms with E-state index in [9.17, 15) is 0 Å². The van der Waals surface area contributed by atoms with Crippen molar-refractivity contribution in [3.63, 3.8) is 0 Å². The van der Waals surface area contributed by atoms with E-state index >= 15 is 0 Å². The number of hydrogen-bond acceptors (Lipinski definition) is 3. The minimum atomic E-state index is -0.818. The topological polar surface area (TPSA) is 38.7 Å². The third-order valence-electron chi connectivity index (χ3n) is 0.495. The van der Waals surface area contributed by atoms with Crippen LogP contribution >= 0.6 is 0 Å². The largest absolute Gasteiger partial charge is 0.366 e. The van der Waals surface area contributed by atoms with Gasteiger partial charge in [0.2, 0.25) is 0 Å². The molecule has 0 saturated carbocycles. The van der Waals surface area contributed by atoms with Gasteiger partial charge in [0.25, 0.3) is 0 Å². The van der Waals surface area contributed by atoms with Crippen LogP contribution in [0.1, 0.15) is 20.3 Å². The molecule has 3 nitrogen and oxygen atoms in total. The van der Waals surface area contributed by atoms with Gasteiger partial charge in [-0.2, -0.15) is 0 Å². The van der Waals surface area contributed by atoms with Crippen molar-refractivity contribution in [3.05, 3.63) is 0 Å². The van der Waals surface area contributed by atoms with Gasteiger partial charge in [-0.1, -0.05) is 6.92 Å². The molecule has 0 aliphatic heterocycles. The SMILES string of the molecule is CCCOOC(C)O. The molecule has 0 heterocycles. The van der Waals surface area contributed by atoms with Gasteiger partial charge < -0.3 is 5.11 Å². The number of aliphatic hydroxyl groups excluding tert-OH is 1. The molecule has 0 aromatic rings. The molecule has 8 heavy (non-hydrogen) atoms. The Morgan fingerprint density at radius 2 is 2.25 bits per heavy atom. The van der Waals surface area contributed by atoms with E-state index in [4.69, 9.17) is 5.11 Å². The molecule has 50 valence electrons. The van der Waals surface area contributed by atoms with Crippen molar-refractivity contribution in [1.82, 2.24) is 0 Å². The third-order valence-corrected chi connectivity index (χ3v) is 0.495. The van der Waals surface area contributed by atoms with Crippen LogP contribution in [0, 0.1) is 0 Å². The van der Waals surface area contributed by atoms with Gasteiger partial charge in [-0.25, -0.2) is 9.78 Å². The molecule has 0 aliphatic rings. The van der Waals surface area contributed by atoms with Crippen LogP contribution in [0.2, 0.25) is 0 Å². The zero-order chi connectivity index (χ0) is 6.41. The molecule has 0 bridgehead atoms. The highest BCUT2D eigenvalue weighted by atomic mass is 17.2. The summed E-state index contributed by atoms with van der Waals surface area (Å²) in [5.74, 6) is 0. The Labute approximate surface area is 49.1 Å². The van der Waals surface area contributed by atoms with Crippen molar-refractivity contribution < 1.29 is 14.9 Å². The van der Waals surface area contributed by atoms with Gasteiger partial charge in [0.15, 0.2) is 6.29 Å². The normalized spacial score (nSPS) is 13.9. The van der Waals surface area contributed by atoms with Crippen molar-refractivity contribution >= 4 is 0 Å². The molecular formula is C5H12O3. The van der Waals surface area contributed by atoms with Crippen molar-refractivity contribution in [2.45, 2.75) is 26.6 Å². The van der Waals surface area contributed by atoms with Gasteiger partial charge in [0.05, 0.1) is 6.61 Å². The van der Waals surface area contributed by atoms with E-state index in [-0.39, 0.29) is 0 Å². The first-order valence-electron chi connectivity index (χ1n) is 2.73. The molecular weight excluding hydrogens is 108 g/mol. The van der Waals surface area contributed by atoms with Crippen LogP contribution in [0.5, 0.6) is 0 Å². The Bertz CT molecular complexity index is 44.9.